The van der Waals surface area contributed by atoms with Gasteiger partial charge in [-0.15, -0.1) is 0 Å². The Labute approximate surface area is 90.7 Å². The monoisotopic (exact) mass is 222 g/mol. The number of aromatic nitrogens is 3. The van der Waals surface area contributed by atoms with Gasteiger partial charge in [-0.2, -0.15) is 26.3 Å². The van der Waals surface area contributed by atoms with Gasteiger partial charge >= 0.3 is 0 Å². The van der Waals surface area contributed by atoms with Crippen LogP contribution >= 0.6 is 11.3 Å². The van der Waals surface area contributed by atoms with Gasteiger partial charge in [0, 0.05) is 17.5 Å². The first-order valence-corrected chi connectivity index (χ1v) is 5.45. The molecule has 0 fully saturated rings. The number of hydrogen-bond acceptors (Lipinski definition) is 4. The molecule has 2 rings (SSSR count). The summed E-state index contributed by atoms with van der Waals surface area (Å²) in [5.74, 6) is -0.0524. The summed E-state index contributed by atoms with van der Waals surface area (Å²) in [7, 11) is 0. The van der Waals surface area contributed by atoms with E-state index in [1.165, 1.54) is 16.1 Å². The lowest BCUT2D eigenvalue weighted by atomic mass is 10.3. The summed E-state index contributed by atoms with van der Waals surface area (Å²) in [5, 5.41) is 14.4. The molecule has 0 aliphatic rings. The maximum absolute atomic E-state index is 11.5. The van der Waals surface area contributed by atoms with E-state index in [9.17, 15) is 4.79 Å². The molecule has 2 heterocycles. The standard InChI is InChI=1S/C9H10N4OS/c14-9(8-1-6-15-7-8)10-4-5-13-11-2-3-12-13/h1-3,6-7H,4-5H2,(H,10,14). The smallest absolute Gasteiger partial charge is 0.252 e. The number of rotatable bonds is 4. The molecule has 1 amide bonds. The van der Waals surface area contributed by atoms with E-state index in [4.69, 9.17) is 0 Å². The first-order chi connectivity index (χ1) is 7.36. The molecule has 0 unspecified atom stereocenters. The minimum absolute atomic E-state index is 0.0524. The van der Waals surface area contributed by atoms with Crippen LogP contribution in [0.5, 0.6) is 0 Å². The molecule has 0 bridgehead atoms. The molecule has 15 heavy (non-hydrogen) atoms. The van der Waals surface area contributed by atoms with Crippen LogP contribution in [0, 0.1) is 0 Å². The number of nitrogens with one attached hydrogen (secondary N) is 1. The fraction of sp³-hybridized carbons (Fsp3) is 0.222. The van der Waals surface area contributed by atoms with E-state index < -0.39 is 0 Å². The minimum atomic E-state index is -0.0524. The highest BCUT2D eigenvalue weighted by molar-refractivity contribution is 7.08. The van der Waals surface area contributed by atoms with Gasteiger partial charge in [-0.25, -0.2) is 0 Å². The predicted octanol–water partition coefficient (Wildman–Crippen LogP) is 0.770. The van der Waals surface area contributed by atoms with Crippen LogP contribution in [0.3, 0.4) is 0 Å². The third-order valence-electron chi connectivity index (χ3n) is 1.85. The van der Waals surface area contributed by atoms with Gasteiger partial charge in [0.15, 0.2) is 0 Å². The third kappa shape index (κ3) is 2.63. The van der Waals surface area contributed by atoms with Crippen molar-refractivity contribution in [3.63, 3.8) is 0 Å². The Morgan fingerprint density at radius 1 is 1.47 bits per heavy atom. The van der Waals surface area contributed by atoms with Crippen molar-refractivity contribution in [3.8, 4) is 0 Å². The van der Waals surface area contributed by atoms with Crippen LogP contribution in [-0.2, 0) is 6.54 Å². The molecular formula is C9H10N4OS. The van der Waals surface area contributed by atoms with Crippen molar-refractivity contribution in [2.45, 2.75) is 6.54 Å². The zero-order chi connectivity index (χ0) is 10.5. The molecule has 5 nitrogen and oxygen atoms in total. The van der Waals surface area contributed by atoms with Gasteiger partial charge in [-0.3, -0.25) is 4.79 Å². The Morgan fingerprint density at radius 2 is 2.27 bits per heavy atom. The van der Waals surface area contributed by atoms with Crippen molar-refractivity contribution in [3.05, 3.63) is 34.8 Å². The summed E-state index contributed by atoms with van der Waals surface area (Å²) < 4.78 is 0. The van der Waals surface area contributed by atoms with Crippen molar-refractivity contribution in [2.24, 2.45) is 0 Å². The molecule has 0 aromatic carbocycles. The number of carbonyl (C=O) groups is 1. The van der Waals surface area contributed by atoms with Gasteiger partial charge < -0.3 is 5.32 Å². The quantitative estimate of drug-likeness (QED) is 0.831. The molecule has 0 saturated heterocycles. The normalized spacial score (nSPS) is 10.1. The largest absolute Gasteiger partial charge is 0.350 e. The number of carbonyl (C=O) groups excluding carboxylic acids is 1. The summed E-state index contributed by atoms with van der Waals surface area (Å²) in [6, 6.07) is 1.80. The molecule has 0 spiro atoms. The van der Waals surface area contributed by atoms with E-state index >= 15 is 0 Å². The molecule has 0 saturated carbocycles. The van der Waals surface area contributed by atoms with Crippen LogP contribution in [0.1, 0.15) is 10.4 Å². The second-order valence-electron chi connectivity index (χ2n) is 2.89. The summed E-state index contributed by atoms with van der Waals surface area (Å²) >= 11 is 1.51. The maximum Gasteiger partial charge on any atom is 0.252 e. The number of thiophene rings is 1. The lowest BCUT2D eigenvalue weighted by Gasteiger charge is -2.02. The number of hydrogen-bond donors (Lipinski definition) is 1. The molecule has 2 aromatic heterocycles. The van der Waals surface area contributed by atoms with Crippen LogP contribution < -0.4 is 5.32 Å². The van der Waals surface area contributed by atoms with Gasteiger partial charge in [-0.1, -0.05) is 0 Å². The van der Waals surface area contributed by atoms with E-state index in [2.05, 4.69) is 15.5 Å². The second kappa shape index (κ2) is 4.70. The number of amides is 1. The Bertz CT molecular complexity index is 409. The first kappa shape index (κ1) is 9.85. The maximum atomic E-state index is 11.5. The van der Waals surface area contributed by atoms with Gasteiger partial charge in [0.2, 0.25) is 0 Å². The Kier molecular flexibility index (Phi) is 3.08. The summed E-state index contributed by atoms with van der Waals surface area (Å²) in [6.07, 6.45) is 3.22. The Balaban J connectivity index is 1.77. The third-order valence-corrected chi connectivity index (χ3v) is 2.53. The zero-order valence-corrected chi connectivity index (χ0v) is 8.78. The zero-order valence-electron chi connectivity index (χ0n) is 7.96. The number of nitrogens with zero attached hydrogens (tertiary/aromatic N) is 3. The fourth-order valence-electron chi connectivity index (χ4n) is 1.12. The van der Waals surface area contributed by atoms with E-state index in [1.807, 2.05) is 10.8 Å². The Hall–Kier alpha value is -1.69. The van der Waals surface area contributed by atoms with Crippen molar-refractivity contribution >= 4 is 17.2 Å². The first-order valence-electron chi connectivity index (χ1n) is 4.51. The van der Waals surface area contributed by atoms with Crippen molar-refractivity contribution in [1.29, 1.82) is 0 Å². The van der Waals surface area contributed by atoms with Crippen LogP contribution in [-0.4, -0.2) is 27.4 Å². The molecule has 0 radical (unpaired) electrons. The van der Waals surface area contributed by atoms with Crippen LogP contribution in [0.15, 0.2) is 29.2 Å². The van der Waals surface area contributed by atoms with E-state index in [0.717, 1.165) is 0 Å². The van der Waals surface area contributed by atoms with E-state index in [-0.39, 0.29) is 5.91 Å². The van der Waals surface area contributed by atoms with Crippen LogP contribution in [0.4, 0.5) is 0 Å². The fourth-order valence-corrected chi connectivity index (χ4v) is 1.76. The Morgan fingerprint density at radius 3 is 2.93 bits per heavy atom. The van der Waals surface area contributed by atoms with Crippen LogP contribution in [0.25, 0.3) is 0 Å². The van der Waals surface area contributed by atoms with Gasteiger partial charge in [0.1, 0.15) is 0 Å². The topological polar surface area (TPSA) is 59.8 Å². The highest BCUT2D eigenvalue weighted by Crippen LogP contribution is 2.04. The van der Waals surface area contributed by atoms with Gasteiger partial charge in [0.05, 0.1) is 18.9 Å². The van der Waals surface area contributed by atoms with Crippen LogP contribution in [0.2, 0.25) is 0 Å². The highest BCUT2D eigenvalue weighted by atomic mass is 32.1. The summed E-state index contributed by atoms with van der Waals surface area (Å²) in [6.45, 7) is 1.12. The highest BCUT2D eigenvalue weighted by Gasteiger charge is 2.04. The average Bonchev–Trinajstić information content (AvgIpc) is 2.90. The molecule has 1 N–H and O–H groups in total. The molecule has 0 atom stereocenters. The lowest BCUT2D eigenvalue weighted by Crippen LogP contribution is -2.27. The van der Waals surface area contributed by atoms with E-state index in [0.29, 0.717) is 18.7 Å². The second-order valence-corrected chi connectivity index (χ2v) is 3.67. The minimum Gasteiger partial charge on any atom is -0.350 e. The molecule has 0 aliphatic heterocycles. The van der Waals surface area contributed by atoms with Gasteiger partial charge in [0.25, 0.3) is 5.91 Å². The average molecular weight is 222 g/mol. The molecule has 78 valence electrons. The molecule has 2 aromatic rings. The lowest BCUT2D eigenvalue weighted by molar-refractivity contribution is 0.0952. The summed E-state index contributed by atoms with van der Waals surface area (Å²) in [4.78, 5) is 13.0. The SMILES string of the molecule is O=C(NCCn1nccn1)c1ccsc1. The molecule has 0 aliphatic carbocycles. The van der Waals surface area contributed by atoms with Crippen molar-refractivity contribution < 1.29 is 4.79 Å². The molecule has 6 heteroatoms. The van der Waals surface area contributed by atoms with Crippen molar-refractivity contribution in [1.82, 2.24) is 20.3 Å². The van der Waals surface area contributed by atoms with Gasteiger partial charge in [-0.05, 0) is 11.4 Å². The van der Waals surface area contributed by atoms with Crippen molar-refractivity contribution in [2.75, 3.05) is 6.54 Å². The van der Waals surface area contributed by atoms with E-state index in [1.54, 1.807) is 18.5 Å². The molecular weight excluding hydrogens is 212 g/mol. The predicted molar refractivity (Wildman–Crippen MR) is 56.7 cm³/mol. The summed E-state index contributed by atoms with van der Waals surface area (Å²) in [5.41, 5.74) is 0.702.